The minimum atomic E-state index is 0. The van der Waals surface area contributed by atoms with E-state index in [-0.39, 0.29) is 28.7 Å². The summed E-state index contributed by atoms with van der Waals surface area (Å²) in [4.78, 5) is 4.67. The van der Waals surface area contributed by atoms with Crippen LogP contribution in [0.4, 0.5) is 0 Å². The van der Waals surface area contributed by atoms with E-state index in [0.717, 1.165) is 51.6 Å². The lowest BCUT2D eigenvalue weighted by atomic mass is 9.99. The Balaban J connectivity index is 0.00000242. The van der Waals surface area contributed by atoms with Gasteiger partial charge in [0.15, 0.2) is 5.96 Å². The van der Waals surface area contributed by atoms with Crippen molar-refractivity contribution in [2.45, 2.75) is 31.1 Å². The molecule has 1 saturated heterocycles. The normalized spacial score (nSPS) is 17.6. The van der Waals surface area contributed by atoms with Gasteiger partial charge in [-0.25, -0.2) is 4.99 Å². The molecule has 1 aliphatic heterocycles. The lowest BCUT2D eigenvalue weighted by Crippen LogP contribution is -2.47. The summed E-state index contributed by atoms with van der Waals surface area (Å²) in [6, 6.07) is 2.12. The number of thiophene rings is 1. The molecule has 1 aromatic rings. The van der Waals surface area contributed by atoms with Crippen molar-refractivity contribution in [3.63, 3.8) is 0 Å². The zero-order valence-corrected chi connectivity index (χ0v) is 17.2. The Bertz CT molecular complexity index is 434. The molecule has 22 heavy (non-hydrogen) atoms. The molecule has 7 heteroatoms. The molecule has 1 aliphatic rings. The van der Waals surface area contributed by atoms with E-state index < -0.39 is 0 Å². The minimum absolute atomic E-state index is 0. The van der Waals surface area contributed by atoms with E-state index in [1.54, 1.807) is 11.3 Å². The van der Waals surface area contributed by atoms with Crippen LogP contribution >= 0.6 is 47.1 Å². The van der Waals surface area contributed by atoms with E-state index in [2.05, 4.69) is 45.6 Å². The van der Waals surface area contributed by atoms with Crippen LogP contribution < -0.4 is 10.6 Å². The maximum absolute atomic E-state index is 5.49. The SMILES string of the molecule is CCNC(=NCc1ccsc1)NCC1(SC)CCOCC1.I. The fraction of sp³-hybridized carbons (Fsp3) is 0.667. The number of ether oxygens (including phenoxy) is 1. The summed E-state index contributed by atoms with van der Waals surface area (Å²) < 4.78 is 5.77. The van der Waals surface area contributed by atoms with Gasteiger partial charge in [-0.05, 0) is 48.4 Å². The molecule has 0 aromatic carbocycles. The summed E-state index contributed by atoms with van der Waals surface area (Å²) in [5.74, 6) is 0.906. The number of halogens is 1. The number of nitrogens with one attached hydrogen (secondary N) is 2. The van der Waals surface area contributed by atoms with Gasteiger partial charge in [0.05, 0.1) is 6.54 Å². The van der Waals surface area contributed by atoms with E-state index in [0.29, 0.717) is 0 Å². The van der Waals surface area contributed by atoms with Crippen molar-refractivity contribution in [1.82, 2.24) is 10.6 Å². The van der Waals surface area contributed by atoms with Crippen LogP contribution in [0, 0.1) is 0 Å². The average Bonchev–Trinajstić information content (AvgIpc) is 3.04. The van der Waals surface area contributed by atoms with Crippen molar-refractivity contribution in [1.29, 1.82) is 0 Å². The third-order valence-electron chi connectivity index (χ3n) is 3.76. The quantitative estimate of drug-likeness (QED) is 0.393. The van der Waals surface area contributed by atoms with E-state index in [1.165, 1.54) is 5.56 Å². The summed E-state index contributed by atoms with van der Waals surface area (Å²) in [5.41, 5.74) is 1.27. The smallest absolute Gasteiger partial charge is 0.191 e. The van der Waals surface area contributed by atoms with Gasteiger partial charge < -0.3 is 15.4 Å². The number of nitrogens with zero attached hydrogens (tertiary/aromatic N) is 1. The van der Waals surface area contributed by atoms with Crippen LogP contribution in [0.25, 0.3) is 0 Å². The number of hydrogen-bond acceptors (Lipinski definition) is 4. The van der Waals surface area contributed by atoms with E-state index in [4.69, 9.17) is 4.74 Å². The topological polar surface area (TPSA) is 45.7 Å². The Morgan fingerprint density at radius 1 is 1.41 bits per heavy atom. The Hall–Kier alpha value is 0.01000. The highest BCUT2D eigenvalue weighted by Gasteiger charge is 2.31. The second kappa shape index (κ2) is 10.7. The molecule has 0 aliphatic carbocycles. The monoisotopic (exact) mass is 455 g/mol. The molecule has 0 unspecified atom stereocenters. The van der Waals surface area contributed by atoms with E-state index >= 15 is 0 Å². The molecule has 0 amide bonds. The Morgan fingerprint density at radius 2 is 2.18 bits per heavy atom. The van der Waals surface area contributed by atoms with Crippen molar-refractivity contribution in [2.24, 2.45) is 4.99 Å². The van der Waals surface area contributed by atoms with Gasteiger partial charge in [-0.1, -0.05) is 0 Å². The number of rotatable bonds is 6. The summed E-state index contributed by atoms with van der Waals surface area (Å²) in [6.45, 7) is 6.38. The summed E-state index contributed by atoms with van der Waals surface area (Å²) in [7, 11) is 0. The molecule has 4 nitrogen and oxygen atoms in total. The molecule has 0 saturated carbocycles. The number of hydrogen-bond donors (Lipinski definition) is 2. The van der Waals surface area contributed by atoms with Crippen molar-refractivity contribution < 1.29 is 4.74 Å². The van der Waals surface area contributed by atoms with Gasteiger partial charge in [-0.2, -0.15) is 23.1 Å². The predicted octanol–water partition coefficient (Wildman–Crippen LogP) is 3.33. The van der Waals surface area contributed by atoms with Crippen molar-refractivity contribution >= 4 is 53.0 Å². The van der Waals surface area contributed by atoms with Gasteiger partial charge in [0, 0.05) is 31.1 Å². The van der Waals surface area contributed by atoms with Crippen molar-refractivity contribution in [3.05, 3.63) is 22.4 Å². The first-order valence-electron chi connectivity index (χ1n) is 7.44. The van der Waals surface area contributed by atoms with Crippen molar-refractivity contribution in [3.8, 4) is 0 Å². The Labute approximate surface area is 158 Å². The third-order valence-corrected chi connectivity index (χ3v) is 5.91. The van der Waals surface area contributed by atoms with Crippen LogP contribution in [0.15, 0.2) is 21.8 Å². The zero-order valence-electron chi connectivity index (χ0n) is 13.3. The fourth-order valence-electron chi connectivity index (χ4n) is 2.34. The lowest BCUT2D eigenvalue weighted by molar-refractivity contribution is 0.0783. The highest BCUT2D eigenvalue weighted by Crippen LogP contribution is 2.32. The maximum Gasteiger partial charge on any atom is 0.191 e. The van der Waals surface area contributed by atoms with Crippen LogP contribution in [0.3, 0.4) is 0 Å². The first kappa shape index (κ1) is 20.1. The van der Waals surface area contributed by atoms with Gasteiger partial charge in [0.1, 0.15) is 0 Å². The highest BCUT2D eigenvalue weighted by molar-refractivity contribution is 14.0. The first-order valence-corrected chi connectivity index (χ1v) is 9.61. The molecule has 0 bridgehead atoms. The Morgan fingerprint density at radius 3 is 2.77 bits per heavy atom. The maximum atomic E-state index is 5.49. The van der Waals surface area contributed by atoms with Crippen LogP contribution in [0.5, 0.6) is 0 Å². The molecule has 2 N–H and O–H groups in total. The fourth-order valence-corrected chi connectivity index (χ4v) is 3.79. The number of thioether (sulfide) groups is 1. The molecular formula is C15H26IN3OS2. The van der Waals surface area contributed by atoms with Gasteiger partial charge in [0.2, 0.25) is 0 Å². The molecule has 2 rings (SSSR count). The summed E-state index contributed by atoms with van der Waals surface area (Å²) in [6.07, 6.45) is 4.40. The molecule has 1 fully saturated rings. The molecule has 126 valence electrons. The van der Waals surface area contributed by atoms with Gasteiger partial charge >= 0.3 is 0 Å². The third kappa shape index (κ3) is 6.25. The second-order valence-electron chi connectivity index (χ2n) is 5.18. The minimum Gasteiger partial charge on any atom is -0.381 e. The first-order chi connectivity index (χ1) is 10.3. The molecule has 1 aromatic heterocycles. The Kier molecular flexibility index (Phi) is 9.77. The number of aliphatic imine (C=N–C) groups is 1. The van der Waals surface area contributed by atoms with Gasteiger partial charge in [-0.3, -0.25) is 0 Å². The molecular weight excluding hydrogens is 429 g/mol. The average molecular weight is 455 g/mol. The zero-order chi connectivity index (χ0) is 15.0. The van der Waals surface area contributed by atoms with Crippen molar-refractivity contribution in [2.75, 3.05) is 32.6 Å². The van der Waals surface area contributed by atoms with Gasteiger partial charge in [0.25, 0.3) is 0 Å². The molecule has 0 spiro atoms. The standard InChI is InChI=1S/C15H25N3OS2.HI/c1-3-16-14(17-10-13-4-9-21-11-13)18-12-15(20-2)5-7-19-8-6-15;/h4,9,11H,3,5-8,10,12H2,1-2H3,(H2,16,17,18);1H. The summed E-state index contributed by atoms with van der Waals surface area (Å²) in [5, 5.41) is 11.1. The van der Waals surface area contributed by atoms with E-state index in [9.17, 15) is 0 Å². The number of guanidine groups is 1. The van der Waals surface area contributed by atoms with Crippen LogP contribution in [-0.2, 0) is 11.3 Å². The predicted molar refractivity (Wildman–Crippen MR) is 109 cm³/mol. The molecule has 0 atom stereocenters. The van der Waals surface area contributed by atoms with E-state index in [1.807, 2.05) is 11.8 Å². The second-order valence-corrected chi connectivity index (χ2v) is 7.23. The molecule has 0 radical (unpaired) electrons. The van der Waals surface area contributed by atoms with Crippen LogP contribution in [-0.4, -0.2) is 43.3 Å². The van der Waals surface area contributed by atoms with Crippen LogP contribution in [0.2, 0.25) is 0 Å². The summed E-state index contributed by atoms with van der Waals surface area (Å²) >= 11 is 3.66. The van der Waals surface area contributed by atoms with Gasteiger partial charge in [-0.15, -0.1) is 24.0 Å². The lowest BCUT2D eigenvalue weighted by Gasteiger charge is -2.36. The van der Waals surface area contributed by atoms with Crippen LogP contribution in [0.1, 0.15) is 25.3 Å². The highest BCUT2D eigenvalue weighted by atomic mass is 127. The molecule has 2 heterocycles. The largest absolute Gasteiger partial charge is 0.381 e.